The monoisotopic (exact) mass is 333 g/mol. The number of hydrogen-bond donors (Lipinski definition) is 0. The van der Waals surface area contributed by atoms with Crippen LogP contribution in [0.5, 0.6) is 0 Å². The second-order valence-electron chi connectivity index (χ2n) is 4.87. The van der Waals surface area contributed by atoms with Crippen LogP contribution in [0, 0.1) is 0 Å². The maximum Gasteiger partial charge on any atom is 0.227 e. The first-order valence-electron chi connectivity index (χ1n) is 6.84. The lowest BCUT2D eigenvalue weighted by Gasteiger charge is -2.15. The number of rotatable bonds is 6. The quantitative estimate of drug-likeness (QED) is 0.693. The van der Waals surface area contributed by atoms with Crippen molar-refractivity contribution in [3.8, 4) is 10.7 Å². The van der Waals surface area contributed by atoms with Crippen LogP contribution < -0.4 is 0 Å². The molecule has 1 amide bonds. The van der Waals surface area contributed by atoms with Gasteiger partial charge in [-0.25, -0.2) is 0 Å². The van der Waals surface area contributed by atoms with Crippen LogP contribution in [-0.4, -0.2) is 28.0 Å². The maximum atomic E-state index is 12.1. The summed E-state index contributed by atoms with van der Waals surface area (Å²) in [5.41, 5.74) is 1.15. The maximum absolute atomic E-state index is 12.1. The highest BCUT2D eigenvalue weighted by molar-refractivity contribution is 7.13. The highest BCUT2D eigenvalue weighted by Crippen LogP contribution is 2.21. The Kier molecular flexibility index (Phi) is 4.65. The molecule has 5 nitrogen and oxygen atoms in total. The van der Waals surface area contributed by atoms with E-state index in [0.717, 1.165) is 10.4 Å². The van der Waals surface area contributed by atoms with Gasteiger partial charge in [-0.1, -0.05) is 11.2 Å². The minimum Gasteiger partial charge on any atom is -0.341 e. The lowest BCUT2D eigenvalue weighted by Crippen LogP contribution is -2.26. The van der Waals surface area contributed by atoms with Crippen molar-refractivity contribution in [3.05, 3.63) is 45.8 Å². The molecule has 3 rings (SSSR count). The Morgan fingerprint density at radius 2 is 2.27 bits per heavy atom. The lowest BCUT2D eigenvalue weighted by molar-refractivity contribution is -0.130. The van der Waals surface area contributed by atoms with E-state index in [0.29, 0.717) is 31.1 Å². The summed E-state index contributed by atoms with van der Waals surface area (Å²) in [5, 5.41) is 9.97. The van der Waals surface area contributed by atoms with E-state index < -0.39 is 0 Å². The van der Waals surface area contributed by atoms with Crippen molar-refractivity contribution in [2.75, 3.05) is 7.05 Å². The number of thiophene rings is 2. The fraction of sp³-hybridized carbons (Fsp3) is 0.267. The fourth-order valence-electron chi connectivity index (χ4n) is 2.01. The molecular formula is C15H15N3O2S2. The van der Waals surface area contributed by atoms with E-state index in [1.54, 1.807) is 27.6 Å². The first-order valence-corrected chi connectivity index (χ1v) is 8.66. The van der Waals surface area contributed by atoms with Crippen molar-refractivity contribution in [2.24, 2.45) is 0 Å². The molecule has 0 aliphatic carbocycles. The van der Waals surface area contributed by atoms with Gasteiger partial charge in [0.15, 0.2) is 0 Å². The molecule has 0 bridgehead atoms. The number of aromatic nitrogens is 2. The largest absolute Gasteiger partial charge is 0.341 e. The van der Waals surface area contributed by atoms with Gasteiger partial charge in [0.2, 0.25) is 17.6 Å². The number of carbonyl (C=O) groups is 1. The molecule has 0 fully saturated rings. The second kappa shape index (κ2) is 6.85. The highest BCUT2D eigenvalue weighted by Gasteiger charge is 2.14. The summed E-state index contributed by atoms with van der Waals surface area (Å²) in [7, 11) is 1.81. The molecule has 0 atom stereocenters. The van der Waals surface area contributed by atoms with Gasteiger partial charge < -0.3 is 9.42 Å². The van der Waals surface area contributed by atoms with E-state index in [1.165, 1.54) is 0 Å². The van der Waals surface area contributed by atoms with Gasteiger partial charge in [-0.15, -0.1) is 11.3 Å². The normalized spacial score (nSPS) is 10.8. The summed E-state index contributed by atoms with van der Waals surface area (Å²) in [6.45, 7) is 0.632. The van der Waals surface area contributed by atoms with E-state index in [4.69, 9.17) is 4.52 Å². The molecule has 0 aliphatic rings. The molecule has 22 heavy (non-hydrogen) atoms. The standard InChI is InChI=1S/C15H15N3O2S2/c1-18(9-11-6-8-21-10-11)14(19)5-4-13-16-15(17-20-13)12-3-2-7-22-12/h2-3,6-8,10H,4-5,9H2,1H3. The summed E-state index contributed by atoms with van der Waals surface area (Å²) in [6, 6.07) is 5.91. The number of nitrogens with zero attached hydrogens (tertiary/aromatic N) is 3. The number of amides is 1. The molecule has 3 aromatic heterocycles. The molecule has 0 unspecified atom stereocenters. The van der Waals surface area contributed by atoms with E-state index >= 15 is 0 Å². The SMILES string of the molecule is CN(Cc1ccsc1)C(=O)CCc1nc(-c2cccs2)no1. The topological polar surface area (TPSA) is 59.2 Å². The van der Waals surface area contributed by atoms with Gasteiger partial charge in [-0.05, 0) is 33.8 Å². The van der Waals surface area contributed by atoms with E-state index in [-0.39, 0.29) is 5.91 Å². The summed E-state index contributed by atoms with van der Waals surface area (Å²) in [4.78, 5) is 19.1. The van der Waals surface area contributed by atoms with Crippen LogP contribution in [0.1, 0.15) is 17.9 Å². The smallest absolute Gasteiger partial charge is 0.227 e. The van der Waals surface area contributed by atoms with Gasteiger partial charge in [-0.3, -0.25) is 4.79 Å². The fourth-order valence-corrected chi connectivity index (χ4v) is 3.32. The molecule has 7 heteroatoms. The third-order valence-corrected chi connectivity index (χ3v) is 4.79. The molecule has 0 aliphatic heterocycles. The number of carbonyl (C=O) groups excluding carboxylic acids is 1. The van der Waals surface area contributed by atoms with E-state index in [9.17, 15) is 4.79 Å². The molecule has 0 spiro atoms. The molecule has 114 valence electrons. The zero-order valence-corrected chi connectivity index (χ0v) is 13.7. The average molecular weight is 333 g/mol. The van der Waals surface area contributed by atoms with Crippen molar-refractivity contribution in [2.45, 2.75) is 19.4 Å². The minimum atomic E-state index is 0.0714. The van der Waals surface area contributed by atoms with Crippen LogP contribution in [0.15, 0.2) is 38.9 Å². The predicted octanol–water partition coefficient (Wildman–Crippen LogP) is 3.45. The van der Waals surface area contributed by atoms with Crippen molar-refractivity contribution < 1.29 is 9.32 Å². The van der Waals surface area contributed by atoms with Crippen molar-refractivity contribution >= 4 is 28.6 Å². The molecule has 0 radical (unpaired) electrons. The molecule has 3 heterocycles. The molecular weight excluding hydrogens is 318 g/mol. The molecule has 0 N–H and O–H groups in total. The zero-order chi connectivity index (χ0) is 15.4. The van der Waals surface area contributed by atoms with Gasteiger partial charge in [-0.2, -0.15) is 16.3 Å². The summed E-state index contributed by atoms with van der Waals surface area (Å²) < 4.78 is 5.20. The Bertz CT molecular complexity index is 720. The third-order valence-electron chi connectivity index (χ3n) is 3.19. The van der Waals surface area contributed by atoms with Crippen LogP contribution in [-0.2, 0) is 17.8 Å². The first-order chi connectivity index (χ1) is 10.7. The first kappa shape index (κ1) is 14.9. The molecule has 3 aromatic rings. The Balaban J connectivity index is 1.52. The number of hydrogen-bond acceptors (Lipinski definition) is 6. The summed E-state index contributed by atoms with van der Waals surface area (Å²) in [6.07, 6.45) is 0.831. The molecule has 0 aromatic carbocycles. The average Bonchev–Trinajstić information content (AvgIpc) is 3.25. The Labute approximate surface area is 136 Å². The van der Waals surface area contributed by atoms with Gasteiger partial charge in [0, 0.05) is 26.4 Å². The Hall–Kier alpha value is -1.99. The summed E-state index contributed by atoms with van der Waals surface area (Å²) in [5.74, 6) is 1.16. The van der Waals surface area contributed by atoms with E-state index in [1.807, 2.05) is 36.0 Å². The predicted molar refractivity (Wildman–Crippen MR) is 86.7 cm³/mol. The van der Waals surface area contributed by atoms with Crippen molar-refractivity contribution in [1.82, 2.24) is 15.0 Å². The van der Waals surface area contributed by atoms with Crippen LogP contribution in [0.4, 0.5) is 0 Å². The van der Waals surface area contributed by atoms with Crippen molar-refractivity contribution in [3.63, 3.8) is 0 Å². The molecule has 0 saturated carbocycles. The van der Waals surface area contributed by atoms with Crippen LogP contribution in [0.25, 0.3) is 10.7 Å². The van der Waals surface area contributed by atoms with Crippen LogP contribution in [0.3, 0.4) is 0 Å². The van der Waals surface area contributed by atoms with Gasteiger partial charge in [0.05, 0.1) is 4.88 Å². The molecule has 0 saturated heterocycles. The van der Waals surface area contributed by atoms with Gasteiger partial charge in [0.1, 0.15) is 0 Å². The highest BCUT2D eigenvalue weighted by atomic mass is 32.1. The second-order valence-corrected chi connectivity index (χ2v) is 6.60. The van der Waals surface area contributed by atoms with Gasteiger partial charge in [0.25, 0.3) is 0 Å². The van der Waals surface area contributed by atoms with Crippen LogP contribution >= 0.6 is 22.7 Å². The van der Waals surface area contributed by atoms with E-state index in [2.05, 4.69) is 15.5 Å². The summed E-state index contributed by atoms with van der Waals surface area (Å²) >= 11 is 3.20. The third kappa shape index (κ3) is 3.61. The van der Waals surface area contributed by atoms with Crippen molar-refractivity contribution in [1.29, 1.82) is 0 Å². The Morgan fingerprint density at radius 1 is 1.36 bits per heavy atom. The van der Waals surface area contributed by atoms with Crippen LogP contribution in [0.2, 0.25) is 0 Å². The Morgan fingerprint density at radius 3 is 3.00 bits per heavy atom. The number of aryl methyl sites for hydroxylation is 1. The zero-order valence-electron chi connectivity index (χ0n) is 12.1. The van der Waals surface area contributed by atoms with Gasteiger partial charge >= 0.3 is 0 Å². The lowest BCUT2D eigenvalue weighted by atomic mass is 10.2. The minimum absolute atomic E-state index is 0.0714.